The quantitative estimate of drug-likeness (QED) is 0.412. The molecule has 0 amide bonds. The van der Waals surface area contributed by atoms with E-state index in [0.717, 1.165) is 19.3 Å². The van der Waals surface area contributed by atoms with Crippen LogP contribution < -0.4 is 5.73 Å². The predicted molar refractivity (Wildman–Crippen MR) is 107 cm³/mol. The van der Waals surface area contributed by atoms with E-state index in [1.807, 2.05) is 0 Å². The normalized spacial score (nSPS) is 13.8. The average molecular weight is 350 g/mol. The summed E-state index contributed by atoms with van der Waals surface area (Å²) in [5, 5.41) is 18.3. The molecular weight excluding hydrogens is 310 g/mol. The molecule has 1 atom stereocenters. The number of nitrogens with two attached hydrogens (primary N) is 1. The van der Waals surface area contributed by atoms with Crippen LogP contribution in [0, 0.1) is 0 Å². The number of aliphatic hydroxyl groups excluding tert-OH is 2. The van der Waals surface area contributed by atoms with Crippen molar-refractivity contribution in [2.75, 3.05) is 13.2 Å². The van der Waals surface area contributed by atoms with Gasteiger partial charge in [0, 0.05) is 18.8 Å². The van der Waals surface area contributed by atoms with Gasteiger partial charge in [-0.2, -0.15) is 0 Å². The average Bonchev–Trinajstić information content (AvgIpc) is 2.62. The van der Waals surface area contributed by atoms with Crippen LogP contribution in [0.5, 0.6) is 0 Å². The van der Waals surface area contributed by atoms with Crippen LogP contribution in [0.3, 0.4) is 0 Å². The summed E-state index contributed by atoms with van der Waals surface area (Å²) in [6.07, 6.45) is 13.1. The fraction of sp³-hybridized carbons (Fsp3) is 0.727. The minimum Gasteiger partial charge on any atom is -0.396 e. The molecule has 0 spiro atoms. The van der Waals surface area contributed by atoms with Crippen LogP contribution in [0.1, 0.15) is 82.3 Å². The zero-order valence-electron chi connectivity index (χ0n) is 16.2. The number of aliphatic hydroxyl groups is 2. The summed E-state index contributed by atoms with van der Waals surface area (Å²) < 4.78 is 0. The number of aryl methyl sites for hydroxylation is 2. The molecule has 0 aliphatic carbocycles. The molecule has 0 saturated carbocycles. The molecule has 0 fully saturated rings. The van der Waals surface area contributed by atoms with Crippen LogP contribution in [0.15, 0.2) is 24.3 Å². The van der Waals surface area contributed by atoms with Crippen molar-refractivity contribution in [3.05, 3.63) is 35.4 Å². The van der Waals surface area contributed by atoms with E-state index in [-0.39, 0.29) is 18.8 Å². The molecule has 0 aliphatic heterocycles. The molecule has 0 heterocycles. The van der Waals surface area contributed by atoms with Gasteiger partial charge in [-0.15, -0.1) is 0 Å². The highest BCUT2D eigenvalue weighted by molar-refractivity contribution is 5.23. The minimum absolute atomic E-state index is 0.110. The number of rotatable bonds is 15. The fourth-order valence-electron chi connectivity index (χ4n) is 3.40. The molecule has 0 aliphatic rings. The molecule has 3 heteroatoms. The van der Waals surface area contributed by atoms with E-state index in [4.69, 9.17) is 10.8 Å². The number of benzene rings is 1. The van der Waals surface area contributed by atoms with E-state index < -0.39 is 0 Å². The third-order valence-corrected chi connectivity index (χ3v) is 5.20. The third-order valence-electron chi connectivity index (χ3n) is 5.20. The van der Waals surface area contributed by atoms with Crippen LogP contribution in [-0.4, -0.2) is 29.0 Å². The zero-order chi connectivity index (χ0) is 18.4. The van der Waals surface area contributed by atoms with E-state index in [0.29, 0.717) is 12.8 Å². The molecule has 0 radical (unpaired) electrons. The molecule has 144 valence electrons. The lowest BCUT2D eigenvalue weighted by atomic mass is 9.85. The molecule has 4 N–H and O–H groups in total. The molecular formula is C22H39NO2. The second-order valence-corrected chi connectivity index (χ2v) is 7.50. The van der Waals surface area contributed by atoms with E-state index in [1.165, 1.54) is 56.1 Å². The molecule has 1 aromatic rings. The third kappa shape index (κ3) is 9.98. The van der Waals surface area contributed by atoms with Crippen molar-refractivity contribution >= 4 is 0 Å². The fourth-order valence-corrected chi connectivity index (χ4v) is 3.40. The second kappa shape index (κ2) is 13.3. The molecule has 0 saturated heterocycles. The SMILES string of the molecule is CCCCCCCCc1ccc(CCC(N)(CCO)CCCO)cc1. The van der Waals surface area contributed by atoms with Crippen LogP contribution >= 0.6 is 0 Å². The van der Waals surface area contributed by atoms with E-state index in [2.05, 4.69) is 31.2 Å². The maximum atomic E-state index is 9.24. The molecule has 1 unspecified atom stereocenters. The molecule has 1 aromatic carbocycles. The molecule has 25 heavy (non-hydrogen) atoms. The van der Waals surface area contributed by atoms with Gasteiger partial charge in [-0.25, -0.2) is 0 Å². The van der Waals surface area contributed by atoms with Crippen LogP contribution in [0.2, 0.25) is 0 Å². The van der Waals surface area contributed by atoms with Crippen molar-refractivity contribution in [1.82, 2.24) is 0 Å². The van der Waals surface area contributed by atoms with Crippen molar-refractivity contribution in [3.63, 3.8) is 0 Å². The van der Waals surface area contributed by atoms with Gasteiger partial charge in [-0.1, -0.05) is 63.3 Å². The topological polar surface area (TPSA) is 66.5 Å². The van der Waals surface area contributed by atoms with Gasteiger partial charge >= 0.3 is 0 Å². The monoisotopic (exact) mass is 349 g/mol. The second-order valence-electron chi connectivity index (χ2n) is 7.50. The summed E-state index contributed by atoms with van der Waals surface area (Å²) in [6.45, 7) is 2.53. The smallest absolute Gasteiger partial charge is 0.0448 e. The van der Waals surface area contributed by atoms with Crippen molar-refractivity contribution in [2.45, 2.75) is 89.5 Å². The molecule has 1 rings (SSSR count). The Kier molecular flexibility index (Phi) is 11.8. The van der Waals surface area contributed by atoms with Gasteiger partial charge < -0.3 is 15.9 Å². The lowest BCUT2D eigenvalue weighted by Crippen LogP contribution is -2.41. The predicted octanol–water partition coefficient (Wildman–Crippen LogP) is 4.37. The largest absolute Gasteiger partial charge is 0.396 e. The van der Waals surface area contributed by atoms with E-state index in [9.17, 15) is 5.11 Å². The zero-order valence-corrected chi connectivity index (χ0v) is 16.2. The maximum Gasteiger partial charge on any atom is 0.0448 e. The molecule has 0 aromatic heterocycles. The van der Waals surface area contributed by atoms with Gasteiger partial charge in [0.05, 0.1) is 0 Å². The van der Waals surface area contributed by atoms with Crippen molar-refractivity contribution < 1.29 is 10.2 Å². The van der Waals surface area contributed by atoms with E-state index in [1.54, 1.807) is 0 Å². The first-order chi connectivity index (χ1) is 12.1. The van der Waals surface area contributed by atoms with Crippen LogP contribution in [0.25, 0.3) is 0 Å². The van der Waals surface area contributed by atoms with E-state index >= 15 is 0 Å². The Bertz CT molecular complexity index is 432. The first-order valence-corrected chi connectivity index (χ1v) is 10.2. The Morgan fingerprint density at radius 1 is 0.720 bits per heavy atom. The van der Waals surface area contributed by atoms with Crippen LogP contribution in [-0.2, 0) is 12.8 Å². The van der Waals surface area contributed by atoms with Crippen LogP contribution in [0.4, 0.5) is 0 Å². The highest BCUT2D eigenvalue weighted by atomic mass is 16.3. The highest BCUT2D eigenvalue weighted by Gasteiger charge is 2.23. The summed E-state index contributed by atoms with van der Waals surface area (Å²) in [5.41, 5.74) is 8.78. The van der Waals surface area contributed by atoms with Crippen molar-refractivity contribution in [1.29, 1.82) is 0 Å². The first kappa shape index (κ1) is 22.1. The first-order valence-electron chi connectivity index (χ1n) is 10.2. The summed E-state index contributed by atoms with van der Waals surface area (Å²) in [6, 6.07) is 8.94. The minimum atomic E-state index is -0.366. The van der Waals surface area contributed by atoms with Crippen molar-refractivity contribution in [3.8, 4) is 0 Å². The number of hydrogen-bond acceptors (Lipinski definition) is 3. The Labute approximate surface area is 154 Å². The lowest BCUT2D eigenvalue weighted by molar-refractivity contribution is 0.204. The summed E-state index contributed by atoms with van der Waals surface area (Å²) in [5.74, 6) is 0. The Morgan fingerprint density at radius 3 is 1.92 bits per heavy atom. The van der Waals surface area contributed by atoms with Gasteiger partial charge in [0.1, 0.15) is 0 Å². The molecule has 0 bridgehead atoms. The van der Waals surface area contributed by atoms with Gasteiger partial charge in [-0.05, 0) is 56.1 Å². The summed E-state index contributed by atoms with van der Waals surface area (Å²) in [7, 11) is 0. The van der Waals surface area contributed by atoms with Crippen molar-refractivity contribution in [2.24, 2.45) is 5.73 Å². The van der Waals surface area contributed by atoms with Gasteiger partial charge in [0.15, 0.2) is 0 Å². The maximum absolute atomic E-state index is 9.24. The van der Waals surface area contributed by atoms with Gasteiger partial charge in [-0.3, -0.25) is 0 Å². The van der Waals surface area contributed by atoms with Gasteiger partial charge in [0.2, 0.25) is 0 Å². The van der Waals surface area contributed by atoms with Gasteiger partial charge in [0.25, 0.3) is 0 Å². The summed E-state index contributed by atoms with van der Waals surface area (Å²) in [4.78, 5) is 0. The highest BCUT2D eigenvalue weighted by Crippen LogP contribution is 2.21. The number of hydrogen-bond donors (Lipinski definition) is 3. The Balaban J connectivity index is 2.35. The molecule has 3 nitrogen and oxygen atoms in total. The number of unbranched alkanes of at least 4 members (excludes halogenated alkanes) is 5. The standard InChI is InChI=1S/C22H39NO2/c1-2-3-4-5-6-7-9-20-10-12-21(13-11-20)14-16-22(23,17-19-25)15-8-18-24/h10-13,24-25H,2-9,14-19,23H2,1H3. The Morgan fingerprint density at radius 2 is 1.32 bits per heavy atom. The lowest BCUT2D eigenvalue weighted by Gasteiger charge is -2.29. The Hall–Kier alpha value is -0.900. The summed E-state index contributed by atoms with van der Waals surface area (Å²) >= 11 is 0.